The highest BCUT2D eigenvalue weighted by molar-refractivity contribution is 7.12. The minimum absolute atomic E-state index is 0. The quantitative estimate of drug-likeness (QED) is 0.634. The van der Waals surface area contributed by atoms with E-state index in [0.717, 1.165) is 4.88 Å². The van der Waals surface area contributed by atoms with Crippen LogP contribution >= 0.6 is 23.7 Å². The number of rotatable bonds is 2. The van der Waals surface area contributed by atoms with Crippen LogP contribution in [0.3, 0.4) is 0 Å². The molecule has 0 fully saturated rings. The molecule has 0 saturated heterocycles. The monoisotopic (exact) mass is 176 g/mol. The predicted molar refractivity (Wildman–Crippen MR) is 46.2 cm³/mol. The minimum Gasteiger partial charge on any atom is -0.293 e. The van der Waals surface area contributed by atoms with Gasteiger partial charge in [0.25, 0.3) is 0 Å². The van der Waals surface area contributed by atoms with Crippen LogP contribution in [0.15, 0.2) is 17.5 Å². The molecule has 0 aliphatic heterocycles. The largest absolute Gasteiger partial charge is 0.293 e. The van der Waals surface area contributed by atoms with Crippen LogP contribution in [0.1, 0.15) is 23.0 Å². The zero-order valence-corrected chi connectivity index (χ0v) is 7.30. The van der Waals surface area contributed by atoms with Gasteiger partial charge in [0.1, 0.15) is 0 Å². The molecule has 0 N–H and O–H groups in total. The molecule has 0 aliphatic carbocycles. The van der Waals surface area contributed by atoms with E-state index in [2.05, 4.69) is 0 Å². The molecule has 0 aromatic carbocycles. The first-order valence-corrected chi connectivity index (χ1v) is 3.79. The number of halogens is 1. The van der Waals surface area contributed by atoms with E-state index in [-0.39, 0.29) is 18.2 Å². The Bertz CT molecular complexity index is 193. The second-order valence-electron chi connectivity index (χ2n) is 1.75. The van der Waals surface area contributed by atoms with Crippen LogP contribution < -0.4 is 0 Å². The molecular formula is C7H9ClOS. The SMILES string of the molecule is CCC(=O)c1cccs1.Cl. The predicted octanol–water partition coefficient (Wildman–Crippen LogP) is 2.76. The average Bonchev–Trinajstić information content (AvgIpc) is 2.37. The lowest BCUT2D eigenvalue weighted by Crippen LogP contribution is -1.90. The van der Waals surface area contributed by atoms with E-state index >= 15 is 0 Å². The molecule has 3 heteroatoms. The van der Waals surface area contributed by atoms with Gasteiger partial charge in [-0.05, 0) is 11.4 Å². The van der Waals surface area contributed by atoms with Crippen molar-refractivity contribution in [2.24, 2.45) is 0 Å². The lowest BCUT2D eigenvalue weighted by atomic mass is 10.3. The summed E-state index contributed by atoms with van der Waals surface area (Å²) in [5.74, 6) is 0.241. The van der Waals surface area contributed by atoms with Crippen molar-refractivity contribution in [1.29, 1.82) is 0 Å². The average molecular weight is 177 g/mol. The fourth-order valence-corrected chi connectivity index (χ4v) is 1.35. The number of carbonyl (C=O) groups is 1. The summed E-state index contributed by atoms with van der Waals surface area (Å²) in [6.07, 6.45) is 0.612. The lowest BCUT2D eigenvalue weighted by Gasteiger charge is -1.86. The summed E-state index contributed by atoms with van der Waals surface area (Å²) in [7, 11) is 0. The van der Waals surface area contributed by atoms with Crippen LogP contribution in [-0.4, -0.2) is 5.78 Å². The third kappa shape index (κ3) is 2.12. The van der Waals surface area contributed by atoms with Crippen LogP contribution in [0, 0.1) is 0 Å². The Kier molecular flexibility index (Phi) is 4.32. The van der Waals surface area contributed by atoms with Crippen LogP contribution in [0.25, 0.3) is 0 Å². The maximum absolute atomic E-state index is 10.9. The van der Waals surface area contributed by atoms with Gasteiger partial charge in [0.05, 0.1) is 4.88 Å². The van der Waals surface area contributed by atoms with Gasteiger partial charge in [0.2, 0.25) is 0 Å². The number of thiophene rings is 1. The first-order chi connectivity index (χ1) is 4.34. The Balaban J connectivity index is 0.000000810. The molecule has 0 spiro atoms. The fraction of sp³-hybridized carbons (Fsp3) is 0.286. The minimum atomic E-state index is 0. The first kappa shape index (κ1) is 9.66. The molecule has 1 heterocycles. The molecule has 0 bridgehead atoms. The highest BCUT2D eigenvalue weighted by Crippen LogP contribution is 2.10. The highest BCUT2D eigenvalue weighted by atomic mass is 35.5. The van der Waals surface area contributed by atoms with Crippen molar-refractivity contribution in [2.45, 2.75) is 13.3 Å². The van der Waals surface area contributed by atoms with Crippen LogP contribution in [0.5, 0.6) is 0 Å². The lowest BCUT2D eigenvalue weighted by molar-refractivity contribution is 0.0992. The maximum atomic E-state index is 10.9. The molecule has 56 valence electrons. The van der Waals surface area contributed by atoms with Gasteiger partial charge >= 0.3 is 0 Å². The third-order valence-corrected chi connectivity index (χ3v) is 2.03. The van der Waals surface area contributed by atoms with E-state index in [9.17, 15) is 4.79 Å². The standard InChI is InChI=1S/C7H8OS.ClH/c1-2-6(8)7-4-3-5-9-7;/h3-5H,2H2,1H3;1H. The van der Waals surface area contributed by atoms with E-state index < -0.39 is 0 Å². The smallest absolute Gasteiger partial charge is 0.172 e. The van der Waals surface area contributed by atoms with Gasteiger partial charge in [0, 0.05) is 6.42 Å². The number of hydrogen-bond acceptors (Lipinski definition) is 2. The van der Waals surface area contributed by atoms with E-state index in [4.69, 9.17) is 0 Å². The van der Waals surface area contributed by atoms with Gasteiger partial charge in [-0.3, -0.25) is 4.79 Å². The molecule has 1 aromatic heterocycles. The molecule has 10 heavy (non-hydrogen) atoms. The summed E-state index contributed by atoms with van der Waals surface area (Å²) in [4.78, 5) is 11.8. The molecule has 0 atom stereocenters. The Morgan fingerprint density at radius 1 is 1.70 bits per heavy atom. The van der Waals surface area contributed by atoms with Gasteiger partial charge in [-0.25, -0.2) is 0 Å². The molecule has 0 saturated carbocycles. The molecule has 0 aliphatic rings. The maximum Gasteiger partial charge on any atom is 0.172 e. The molecule has 1 aromatic rings. The van der Waals surface area contributed by atoms with Crippen molar-refractivity contribution >= 4 is 29.5 Å². The summed E-state index contributed by atoms with van der Waals surface area (Å²) in [6, 6.07) is 3.75. The zero-order valence-electron chi connectivity index (χ0n) is 5.66. The fourth-order valence-electron chi connectivity index (χ4n) is 0.611. The molecule has 1 nitrogen and oxygen atoms in total. The van der Waals surface area contributed by atoms with E-state index in [1.165, 1.54) is 11.3 Å². The van der Waals surface area contributed by atoms with Gasteiger partial charge < -0.3 is 0 Å². The van der Waals surface area contributed by atoms with Crippen molar-refractivity contribution in [2.75, 3.05) is 0 Å². The number of carbonyl (C=O) groups excluding carboxylic acids is 1. The Labute approximate surface area is 70.5 Å². The van der Waals surface area contributed by atoms with Gasteiger partial charge in [-0.1, -0.05) is 13.0 Å². The van der Waals surface area contributed by atoms with Crippen molar-refractivity contribution in [3.63, 3.8) is 0 Å². The molecule has 0 radical (unpaired) electrons. The molecule has 1 rings (SSSR count). The summed E-state index contributed by atoms with van der Waals surface area (Å²) < 4.78 is 0. The zero-order chi connectivity index (χ0) is 6.69. The summed E-state index contributed by atoms with van der Waals surface area (Å²) in [5.41, 5.74) is 0. The normalized spacial score (nSPS) is 8.50. The summed E-state index contributed by atoms with van der Waals surface area (Å²) in [5, 5.41) is 1.92. The second kappa shape index (κ2) is 4.47. The van der Waals surface area contributed by atoms with E-state index in [1.54, 1.807) is 0 Å². The molecule has 0 amide bonds. The van der Waals surface area contributed by atoms with Gasteiger partial charge in [-0.15, -0.1) is 23.7 Å². The topological polar surface area (TPSA) is 17.1 Å². The van der Waals surface area contributed by atoms with Crippen LogP contribution in [-0.2, 0) is 0 Å². The summed E-state index contributed by atoms with van der Waals surface area (Å²) >= 11 is 1.51. The molecule has 0 unspecified atom stereocenters. The first-order valence-electron chi connectivity index (χ1n) is 2.91. The Hall–Kier alpha value is -0.340. The number of hydrogen-bond donors (Lipinski definition) is 0. The third-order valence-electron chi connectivity index (χ3n) is 1.12. The Morgan fingerprint density at radius 2 is 2.40 bits per heavy atom. The molecular weight excluding hydrogens is 168 g/mol. The van der Waals surface area contributed by atoms with Crippen molar-refractivity contribution < 1.29 is 4.79 Å². The van der Waals surface area contributed by atoms with E-state index in [0.29, 0.717) is 6.42 Å². The van der Waals surface area contributed by atoms with Crippen molar-refractivity contribution in [3.8, 4) is 0 Å². The summed E-state index contributed by atoms with van der Waals surface area (Å²) in [6.45, 7) is 1.88. The van der Waals surface area contributed by atoms with Crippen molar-refractivity contribution in [3.05, 3.63) is 22.4 Å². The van der Waals surface area contributed by atoms with Crippen LogP contribution in [0.2, 0.25) is 0 Å². The second-order valence-corrected chi connectivity index (χ2v) is 2.70. The number of Topliss-reactive ketones (excluding diaryl/α,β-unsaturated/α-hetero) is 1. The van der Waals surface area contributed by atoms with E-state index in [1.807, 2.05) is 24.4 Å². The van der Waals surface area contributed by atoms with Gasteiger partial charge in [-0.2, -0.15) is 0 Å². The van der Waals surface area contributed by atoms with Gasteiger partial charge in [0.15, 0.2) is 5.78 Å². The highest BCUT2D eigenvalue weighted by Gasteiger charge is 2.00. The number of ketones is 1. The van der Waals surface area contributed by atoms with Crippen LogP contribution in [0.4, 0.5) is 0 Å². The van der Waals surface area contributed by atoms with Crippen molar-refractivity contribution in [1.82, 2.24) is 0 Å². The Morgan fingerprint density at radius 3 is 2.80 bits per heavy atom.